The third-order valence-corrected chi connectivity index (χ3v) is 3.56. The van der Waals surface area contributed by atoms with Crippen molar-refractivity contribution >= 4 is 27.5 Å². The first-order valence-corrected chi connectivity index (χ1v) is 7.23. The molecule has 2 aromatic rings. The first-order chi connectivity index (χ1) is 9.54. The van der Waals surface area contributed by atoms with Gasteiger partial charge in [0.25, 0.3) is 0 Å². The molecule has 3 nitrogen and oxygen atoms in total. The molecule has 2 aromatic carbocycles. The monoisotopic (exact) mass is 332 g/mol. The lowest BCUT2D eigenvalue weighted by molar-refractivity contribution is -0.121. The number of carbonyl (C=O) groups is 1. The molecule has 4 heteroatoms. The van der Waals surface area contributed by atoms with Crippen molar-refractivity contribution in [1.29, 1.82) is 0 Å². The number of anilines is 1. The van der Waals surface area contributed by atoms with Crippen molar-refractivity contribution in [1.82, 2.24) is 5.32 Å². The molecule has 104 valence electrons. The summed E-state index contributed by atoms with van der Waals surface area (Å²) in [5.41, 5.74) is 8.41. The normalized spacial score (nSPS) is 11.9. The summed E-state index contributed by atoms with van der Waals surface area (Å²) in [6.07, 6.45) is 0.374. The van der Waals surface area contributed by atoms with Gasteiger partial charge in [-0.2, -0.15) is 0 Å². The fourth-order valence-corrected chi connectivity index (χ4v) is 2.44. The Morgan fingerprint density at radius 1 is 1.25 bits per heavy atom. The number of halogens is 1. The van der Waals surface area contributed by atoms with Gasteiger partial charge in [0.15, 0.2) is 0 Å². The summed E-state index contributed by atoms with van der Waals surface area (Å²) >= 11 is 3.40. The van der Waals surface area contributed by atoms with Crippen LogP contribution in [0.2, 0.25) is 0 Å². The minimum Gasteiger partial charge on any atom is -0.399 e. The third-order valence-electron chi connectivity index (χ3n) is 3.07. The van der Waals surface area contributed by atoms with Crippen molar-refractivity contribution < 1.29 is 4.79 Å². The number of nitrogen functional groups attached to an aromatic ring is 1. The zero-order valence-corrected chi connectivity index (χ0v) is 12.9. The lowest BCUT2D eigenvalue weighted by Crippen LogP contribution is -2.28. The van der Waals surface area contributed by atoms with Crippen molar-refractivity contribution in [2.75, 3.05) is 5.73 Å². The predicted octanol–water partition coefficient (Wildman–Crippen LogP) is 3.45. The van der Waals surface area contributed by atoms with Crippen LogP contribution in [-0.4, -0.2) is 5.91 Å². The van der Waals surface area contributed by atoms with Crippen LogP contribution in [0.25, 0.3) is 0 Å². The van der Waals surface area contributed by atoms with Crippen molar-refractivity contribution in [3.63, 3.8) is 0 Å². The Balaban J connectivity index is 1.95. The van der Waals surface area contributed by atoms with Gasteiger partial charge in [-0.15, -0.1) is 0 Å². The molecular weight excluding hydrogens is 316 g/mol. The minimum atomic E-state index is -0.0322. The van der Waals surface area contributed by atoms with E-state index < -0.39 is 0 Å². The molecule has 3 N–H and O–H groups in total. The third kappa shape index (κ3) is 4.10. The van der Waals surface area contributed by atoms with E-state index in [1.807, 2.05) is 55.5 Å². The van der Waals surface area contributed by atoms with Crippen molar-refractivity contribution in [3.8, 4) is 0 Å². The molecule has 0 fully saturated rings. The average Bonchev–Trinajstić information content (AvgIpc) is 2.39. The van der Waals surface area contributed by atoms with Gasteiger partial charge in [-0.1, -0.05) is 40.2 Å². The van der Waals surface area contributed by atoms with Gasteiger partial charge in [-0.05, 0) is 42.3 Å². The van der Waals surface area contributed by atoms with E-state index in [9.17, 15) is 4.79 Å². The molecule has 0 heterocycles. The topological polar surface area (TPSA) is 55.1 Å². The number of amides is 1. The quantitative estimate of drug-likeness (QED) is 0.842. The van der Waals surface area contributed by atoms with Crippen LogP contribution in [0.1, 0.15) is 24.1 Å². The summed E-state index contributed by atoms with van der Waals surface area (Å²) in [5.74, 6) is 0.00688. The van der Waals surface area contributed by atoms with Crippen LogP contribution < -0.4 is 11.1 Å². The van der Waals surface area contributed by atoms with Gasteiger partial charge in [-0.25, -0.2) is 0 Å². The zero-order valence-electron chi connectivity index (χ0n) is 11.3. The van der Waals surface area contributed by atoms with Crippen LogP contribution in [0, 0.1) is 0 Å². The number of benzene rings is 2. The lowest BCUT2D eigenvalue weighted by atomic mass is 10.1. The molecule has 1 unspecified atom stereocenters. The van der Waals surface area contributed by atoms with Crippen LogP contribution in [0.4, 0.5) is 5.69 Å². The molecule has 20 heavy (non-hydrogen) atoms. The van der Waals surface area contributed by atoms with Crippen LogP contribution in [0.15, 0.2) is 53.0 Å². The number of hydrogen-bond donors (Lipinski definition) is 2. The average molecular weight is 333 g/mol. The Labute approximate surface area is 127 Å². The van der Waals surface area contributed by atoms with Gasteiger partial charge < -0.3 is 11.1 Å². The maximum absolute atomic E-state index is 12.0. The standard InChI is InChI=1S/C16H17BrN2O/c1-11(13-5-7-15(18)8-6-13)19-16(20)10-12-3-2-4-14(17)9-12/h2-9,11H,10,18H2,1H3,(H,19,20). The maximum Gasteiger partial charge on any atom is 0.224 e. The molecular formula is C16H17BrN2O. The van der Waals surface area contributed by atoms with Crippen LogP contribution in [0.5, 0.6) is 0 Å². The lowest BCUT2D eigenvalue weighted by Gasteiger charge is -2.14. The minimum absolute atomic E-state index is 0.00688. The summed E-state index contributed by atoms with van der Waals surface area (Å²) in [4.78, 5) is 12.0. The van der Waals surface area contributed by atoms with Crippen LogP contribution in [0.3, 0.4) is 0 Å². The van der Waals surface area contributed by atoms with Crippen molar-refractivity contribution in [3.05, 3.63) is 64.1 Å². The number of nitrogens with two attached hydrogens (primary N) is 1. The second-order valence-corrected chi connectivity index (χ2v) is 5.68. The van der Waals surface area contributed by atoms with Gasteiger partial charge in [0.2, 0.25) is 5.91 Å². The number of rotatable bonds is 4. The smallest absolute Gasteiger partial charge is 0.224 e. The van der Waals surface area contributed by atoms with Gasteiger partial charge in [0.1, 0.15) is 0 Å². The summed E-state index contributed by atoms with van der Waals surface area (Å²) < 4.78 is 0.981. The van der Waals surface area contributed by atoms with Gasteiger partial charge in [0.05, 0.1) is 12.5 Å². The summed E-state index contributed by atoms with van der Waals surface area (Å²) in [5, 5.41) is 2.99. The zero-order chi connectivity index (χ0) is 14.5. The van der Waals surface area contributed by atoms with Gasteiger partial charge in [0, 0.05) is 10.2 Å². The Morgan fingerprint density at radius 3 is 2.60 bits per heavy atom. The predicted molar refractivity (Wildman–Crippen MR) is 85.3 cm³/mol. The van der Waals surface area contributed by atoms with E-state index in [4.69, 9.17) is 5.73 Å². The Morgan fingerprint density at radius 2 is 1.95 bits per heavy atom. The molecule has 2 rings (SSSR count). The van der Waals surface area contributed by atoms with Gasteiger partial charge >= 0.3 is 0 Å². The highest BCUT2D eigenvalue weighted by molar-refractivity contribution is 9.10. The van der Waals surface area contributed by atoms with E-state index in [0.717, 1.165) is 21.3 Å². The molecule has 0 radical (unpaired) electrons. The van der Waals surface area contributed by atoms with Gasteiger partial charge in [-0.3, -0.25) is 4.79 Å². The number of hydrogen-bond acceptors (Lipinski definition) is 2. The fraction of sp³-hybridized carbons (Fsp3) is 0.188. The maximum atomic E-state index is 12.0. The molecule has 0 spiro atoms. The highest BCUT2D eigenvalue weighted by atomic mass is 79.9. The molecule has 0 aromatic heterocycles. The van der Waals surface area contributed by atoms with Crippen LogP contribution >= 0.6 is 15.9 Å². The SMILES string of the molecule is CC(NC(=O)Cc1cccc(Br)c1)c1ccc(N)cc1. The summed E-state index contributed by atoms with van der Waals surface area (Å²) in [6, 6.07) is 15.3. The highest BCUT2D eigenvalue weighted by Crippen LogP contribution is 2.15. The van der Waals surface area contributed by atoms with E-state index >= 15 is 0 Å². The Bertz CT molecular complexity index is 596. The highest BCUT2D eigenvalue weighted by Gasteiger charge is 2.10. The number of carbonyl (C=O) groups excluding carboxylic acids is 1. The summed E-state index contributed by atoms with van der Waals surface area (Å²) in [6.45, 7) is 1.96. The summed E-state index contributed by atoms with van der Waals surface area (Å²) in [7, 11) is 0. The van der Waals surface area contributed by atoms with Crippen LogP contribution in [-0.2, 0) is 11.2 Å². The van der Waals surface area contributed by atoms with E-state index in [0.29, 0.717) is 6.42 Å². The van der Waals surface area contributed by atoms with E-state index in [1.165, 1.54) is 0 Å². The molecule has 0 saturated carbocycles. The van der Waals surface area contributed by atoms with Crippen molar-refractivity contribution in [2.24, 2.45) is 0 Å². The largest absolute Gasteiger partial charge is 0.399 e. The molecule has 0 bridgehead atoms. The van der Waals surface area contributed by atoms with Crippen molar-refractivity contribution in [2.45, 2.75) is 19.4 Å². The Hall–Kier alpha value is -1.81. The number of nitrogens with one attached hydrogen (secondary N) is 1. The molecule has 1 amide bonds. The fourth-order valence-electron chi connectivity index (χ4n) is 1.99. The second kappa shape index (κ2) is 6.57. The van der Waals surface area contributed by atoms with E-state index in [1.54, 1.807) is 0 Å². The molecule has 0 aliphatic rings. The molecule has 0 aliphatic heterocycles. The Kier molecular flexibility index (Phi) is 4.79. The first kappa shape index (κ1) is 14.6. The van der Waals surface area contributed by atoms with E-state index in [-0.39, 0.29) is 11.9 Å². The molecule has 0 saturated heterocycles. The molecule has 0 aliphatic carbocycles. The second-order valence-electron chi connectivity index (χ2n) is 4.76. The first-order valence-electron chi connectivity index (χ1n) is 6.44. The van der Waals surface area contributed by atoms with E-state index in [2.05, 4.69) is 21.2 Å². The molecule has 1 atom stereocenters.